The quantitative estimate of drug-likeness (QED) is 0.599. The Hall–Kier alpha value is -2.57. The molecule has 0 radical (unpaired) electrons. The molecule has 1 atom stereocenters. The molecule has 0 fully saturated rings. The van der Waals surface area contributed by atoms with Gasteiger partial charge in [0.2, 0.25) is 17.7 Å². The lowest BCUT2D eigenvalue weighted by molar-refractivity contribution is -0.128. The molecule has 1 heterocycles. The molecule has 1 rings (SSSR count). The van der Waals surface area contributed by atoms with E-state index in [1.165, 1.54) is 18.4 Å². The van der Waals surface area contributed by atoms with Gasteiger partial charge < -0.3 is 20.8 Å². The molecule has 108 valence electrons. The van der Waals surface area contributed by atoms with E-state index in [0.29, 0.717) is 12.2 Å². The lowest BCUT2D eigenvalue weighted by Gasteiger charge is -2.12. The van der Waals surface area contributed by atoms with Crippen molar-refractivity contribution < 1.29 is 18.8 Å². The zero-order chi connectivity index (χ0) is 15.0. The number of carbonyl (C=O) groups is 3. The summed E-state index contributed by atoms with van der Waals surface area (Å²) in [6.45, 7) is 1.49. The van der Waals surface area contributed by atoms with Gasteiger partial charge in [0.15, 0.2) is 0 Å². The van der Waals surface area contributed by atoms with Crippen molar-refractivity contribution >= 4 is 23.8 Å². The van der Waals surface area contributed by atoms with E-state index in [1.54, 1.807) is 19.1 Å². The van der Waals surface area contributed by atoms with Crippen molar-refractivity contribution in [3.63, 3.8) is 0 Å². The van der Waals surface area contributed by atoms with Gasteiger partial charge in [0.05, 0.1) is 12.8 Å². The van der Waals surface area contributed by atoms with Crippen molar-refractivity contribution in [2.45, 2.75) is 19.4 Å². The van der Waals surface area contributed by atoms with Gasteiger partial charge in [-0.25, -0.2) is 0 Å². The van der Waals surface area contributed by atoms with Gasteiger partial charge in [-0.1, -0.05) is 6.92 Å². The zero-order valence-electron chi connectivity index (χ0n) is 11.1. The molecule has 0 spiro atoms. The summed E-state index contributed by atoms with van der Waals surface area (Å²) >= 11 is 0. The maximum absolute atomic E-state index is 11.5. The normalized spacial score (nSPS) is 12.1. The van der Waals surface area contributed by atoms with Crippen LogP contribution >= 0.6 is 0 Å². The van der Waals surface area contributed by atoms with Crippen LogP contribution in [0.4, 0.5) is 0 Å². The third kappa shape index (κ3) is 5.38. The number of carbonyl (C=O) groups excluding carboxylic acids is 3. The molecule has 3 amide bonds. The lowest BCUT2D eigenvalue weighted by atomic mass is 10.2. The molecule has 7 nitrogen and oxygen atoms in total. The molecule has 0 saturated carbocycles. The summed E-state index contributed by atoms with van der Waals surface area (Å²) in [5.41, 5.74) is 5.09. The van der Waals surface area contributed by atoms with Crippen molar-refractivity contribution in [3.05, 3.63) is 30.2 Å². The average Bonchev–Trinajstić information content (AvgIpc) is 2.93. The molecule has 0 unspecified atom stereocenters. The molecule has 20 heavy (non-hydrogen) atoms. The predicted octanol–water partition coefficient (Wildman–Crippen LogP) is -0.211. The Labute approximate surface area is 116 Å². The fourth-order valence-corrected chi connectivity index (χ4v) is 1.39. The molecule has 0 aliphatic heterocycles. The Kier molecular flexibility index (Phi) is 6.02. The number of hydrogen-bond acceptors (Lipinski definition) is 4. The molecule has 1 aromatic rings. The number of hydrogen-bond donors (Lipinski definition) is 3. The number of furan rings is 1. The molecular formula is C13H17N3O4. The summed E-state index contributed by atoms with van der Waals surface area (Å²) in [5.74, 6) is -0.992. The molecule has 0 bridgehead atoms. The number of nitrogens with two attached hydrogens (primary N) is 1. The van der Waals surface area contributed by atoms with Crippen LogP contribution in [-0.2, 0) is 14.4 Å². The smallest absolute Gasteiger partial charge is 0.244 e. The van der Waals surface area contributed by atoms with Crippen LogP contribution < -0.4 is 16.4 Å². The van der Waals surface area contributed by atoms with Crippen LogP contribution in [-0.4, -0.2) is 30.3 Å². The Balaban J connectivity index is 2.33. The van der Waals surface area contributed by atoms with E-state index in [9.17, 15) is 14.4 Å². The molecule has 1 aromatic heterocycles. The second-order valence-electron chi connectivity index (χ2n) is 4.00. The third-order valence-corrected chi connectivity index (χ3v) is 2.45. The second-order valence-corrected chi connectivity index (χ2v) is 4.00. The third-order valence-electron chi connectivity index (χ3n) is 2.45. The van der Waals surface area contributed by atoms with E-state index in [0.717, 1.165) is 0 Å². The van der Waals surface area contributed by atoms with Crippen LogP contribution in [0.3, 0.4) is 0 Å². The van der Waals surface area contributed by atoms with Gasteiger partial charge in [-0.3, -0.25) is 14.4 Å². The molecule has 0 aliphatic carbocycles. The van der Waals surface area contributed by atoms with E-state index in [1.807, 2.05) is 0 Å². The Morgan fingerprint density at radius 2 is 2.20 bits per heavy atom. The molecule has 0 aliphatic rings. The van der Waals surface area contributed by atoms with Crippen LogP contribution in [0.1, 0.15) is 19.1 Å². The number of nitrogens with one attached hydrogen (secondary N) is 2. The zero-order valence-corrected chi connectivity index (χ0v) is 11.1. The highest BCUT2D eigenvalue weighted by Gasteiger charge is 2.15. The number of rotatable bonds is 7. The van der Waals surface area contributed by atoms with Gasteiger partial charge in [0, 0.05) is 6.08 Å². The minimum atomic E-state index is -0.724. The monoisotopic (exact) mass is 279 g/mol. The highest BCUT2D eigenvalue weighted by atomic mass is 16.3. The summed E-state index contributed by atoms with van der Waals surface area (Å²) in [6, 6.07) is 2.66. The summed E-state index contributed by atoms with van der Waals surface area (Å²) in [4.78, 5) is 33.8. The van der Waals surface area contributed by atoms with Gasteiger partial charge >= 0.3 is 0 Å². The average molecular weight is 279 g/mol. The van der Waals surface area contributed by atoms with Crippen LogP contribution in [0.25, 0.3) is 6.08 Å². The second kappa shape index (κ2) is 7.78. The topological polar surface area (TPSA) is 114 Å². The van der Waals surface area contributed by atoms with E-state index in [-0.39, 0.29) is 6.54 Å². The Morgan fingerprint density at radius 3 is 2.75 bits per heavy atom. The van der Waals surface area contributed by atoms with E-state index in [4.69, 9.17) is 10.2 Å². The van der Waals surface area contributed by atoms with Crippen LogP contribution in [0.5, 0.6) is 0 Å². The van der Waals surface area contributed by atoms with E-state index in [2.05, 4.69) is 10.6 Å². The molecule has 0 aromatic carbocycles. The van der Waals surface area contributed by atoms with Crippen molar-refractivity contribution in [1.29, 1.82) is 0 Å². The van der Waals surface area contributed by atoms with Crippen molar-refractivity contribution in [1.82, 2.24) is 10.6 Å². The van der Waals surface area contributed by atoms with Gasteiger partial charge in [-0.2, -0.15) is 0 Å². The summed E-state index contributed by atoms with van der Waals surface area (Å²) in [7, 11) is 0. The van der Waals surface area contributed by atoms with Crippen molar-refractivity contribution in [2.24, 2.45) is 5.73 Å². The van der Waals surface area contributed by atoms with E-state index < -0.39 is 23.8 Å². The van der Waals surface area contributed by atoms with Crippen LogP contribution in [0.2, 0.25) is 0 Å². The van der Waals surface area contributed by atoms with Gasteiger partial charge in [-0.15, -0.1) is 0 Å². The highest BCUT2D eigenvalue weighted by molar-refractivity contribution is 5.94. The van der Waals surface area contributed by atoms with Gasteiger partial charge in [0.25, 0.3) is 0 Å². The first-order valence-corrected chi connectivity index (χ1v) is 6.11. The van der Waals surface area contributed by atoms with Crippen molar-refractivity contribution in [3.8, 4) is 0 Å². The Bertz CT molecular complexity index is 494. The molecular weight excluding hydrogens is 262 g/mol. The fourth-order valence-electron chi connectivity index (χ4n) is 1.39. The predicted molar refractivity (Wildman–Crippen MR) is 72.2 cm³/mol. The minimum Gasteiger partial charge on any atom is -0.465 e. The summed E-state index contributed by atoms with van der Waals surface area (Å²) in [6.07, 6.45) is 4.61. The van der Waals surface area contributed by atoms with Gasteiger partial charge in [0.1, 0.15) is 11.8 Å². The van der Waals surface area contributed by atoms with Crippen LogP contribution in [0, 0.1) is 0 Å². The van der Waals surface area contributed by atoms with Gasteiger partial charge in [-0.05, 0) is 24.6 Å². The largest absolute Gasteiger partial charge is 0.465 e. The first kappa shape index (κ1) is 15.5. The fraction of sp³-hybridized carbons (Fsp3) is 0.308. The minimum absolute atomic E-state index is 0.231. The maximum Gasteiger partial charge on any atom is 0.244 e. The molecule has 7 heteroatoms. The summed E-state index contributed by atoms with van der Waals surface area (Å²) in [5, 5.41) is 4.80. The van der Waals surface area contributed by atoms with Crippen molar-refractivity contribution in [2.75, 3.05) is 6.54 Å². The SMILES string of the molecule is CC[C@H](NC(=O)CNC(=O)/C=C/c1ccco1)C(N)=O. The first-order chi connectivity index (χ1) is 9.52. The lowest BCUT2D eigenvalue weighted by Crippen LogP contribution is -2.47. The standard InChI is InChI=1S/C13H17N3O4/c1-2-10(13(14)19)16-12(18)8-15-11(17)6-5-9-4-3-7-20-9/h3-7,10H,2,8H2,1H3,(H2,14,19)(H,15,17)(H,16,18)/b6-5+/t10-/m0/s1. The number of primary amides is 1. The first-order valence-electron chi connectivity index (χ1n) is 6.11. The summed E-state index contributed by atoms with van der Waals surface area (Å²) < 4.78 is 5.01. The molecule has 0 saturated heterocycles. The van der Waals surface area contributed by atoms with Crippen LogP contribution in [0.15, 0.2) is 28.9 Å². The molecule has 4 N–H and O–H groups in total. The Morgan fingerprint density at radius 1 is 1.45 bits per heavy atom. The maximum atomic E-state index is 11.5. The number of amides is 3. The highest BCUT2D eigenvalue weighted by Crippen LogP contribution is 2.01. The van der Waals surface area contributed by atoms with E-state index >= 15 is 0 Å².